The van der Waals surface area contributed by atoms with Crippen LogP contribution in [0.1, 0.15) is 34.0 Å². The van der Waals surface area contributed by atoms with Crippen LogP contribution in [0, 0.1) is 6.92 Å². The van der Waals surface area contributed by atoms with Gasteiger partial charge < -0.3 is 14.8 Å². The molecule has 2 aromatic heterocycles. The van der Waals surface area contributed by atoms with Gasteiger partial charge in [-0.25, -0.2) is 9.97 Å². The number of nitrogens with zero attached hydrogens (tertiary/aromatic N) is 4. The lowest BCUT2D eigenvalue weighted by Gasteiger charge is -2.23. The Morgan fingerprint density at radius 2 is 1.90 bits per heavy atom. The van der Waals surface area contributed by atoms with E-state index in [1.165, 1.54) is 18.9 Å². The van der Waals surface area contributed by atoms with Crippen molar-refractivity contribution in [2.45, 2.75) is 19.3 Å². The summed E-state index contributed by atoms with van der Waals surface area (Å²) >= 11 is 0. The molecule has 0 saturated carbocycles. The van der Waals surface area contributed by atoms with Crippen LogP contribution in [0.2, 0.25) is 0 Å². The van der Waals surface area contributed by atoms with Crippen molar-refractivity contribution in [3.63, 3.8) is 0 Å². The fraction of sp³-hybridized carbons (Fsp3) is 0.250. The van der Waals surface area contributed by atoms with Gasteiger partial charge in [-0.2, -0.15) is 9.78 Å². The maximum atomic E-state index is 13.3. The molecule has 1 aliphatic heterocycles. The van der Waals surface area contributed by atoms with Crippen LogP contribution in [0.3, 0.4) is 0 Å². The minimum absolute atomic E-state index is 0.0301. The van der Waals surface area contributed by atoms with Gasteiger partial charge in [-0.05, 0) is 31.2 Å². The summed E-state index contributed by atoms with van der Waals surface area (Å²) in [5, 5.41) is 7.27. The standard InChI is InChI=1S/C20H19N5O4/c1-11-17-13(18(27)12-5-6-14(28-2)15(9-12)29-3)10-16(26)23-19(17)25(24-11)20-21-7-4-8-22-20/h4-9,13H,10H2,1-3H3,(H,23,26). The molecule has 1 amide bonds. The molecule has 3 heterocycles. The maximum absolute atomic E-state index is 13.3. The van der Waals surface area contributed by atoms with E-state index in [4.69, 9.17) is 9.47 Å². The molecule has 3 aromatic rings. The number of aryl methyl sites for hydroxylation is 1. The number of anilines is 1. The number of rotatable bonds is 5. The molecule has 0 aliphatic carbocycles. The van der Waals surface area contributed by atoms with E-state index in [1.807, 2.05) is 0 Å². The molecule has 1 aromatic carbocycles. The van der Waals surface area contributed by atoms with Crippen molar-refractivity contribution < 1.29 is 19.1 Å². The number of ether oxygens (including phenoxy) is 2. The molecule has 0 spiro atoms. The highest BCUT2D eigenvalue weighted by Crippen LogP contribution is 2.39. The first kappa shape index (κ1) is 18.6. The third-order valence-electron chi connectivity index (χ3n) is 4.83. The lowest BCUT2D eigenvalue weighted by molar-refractivity contribution is -0.116. The van der Waals surface area contributed by atoms with Gasteiger partial charge in [-0.15, -0.1) is 0 Å². The van der Waals surface area contributed by atoms with E-state index < -0.39 is 5.92 Å². The van der Waals surface area contributed by atoms with Crippen molar-refractivity contribution in [1.82, 2.24) is 19.7 Å². The zero-order chi connectivity index (χ0) is 20.5. The molecule has 0 fully saturated rings. The molecule has 0 saturated heterocycles. The lowest BCUT2D eigenvalue weighted by Crippen LogP contribution is -2.28. The third-order valence-corrected chi connectivity index (χ3v) is 4.83. The fourth-order valence-electron chi connectivity index (χ4n) is 3.51. The van der Waals surface area contributed by atoms with Crippen molar-refractivity contribution in [2.24, 2.45) is 0 Å². The second-order valence-electron chi connectivity index (χ2n) is 6.55. The number of ketones is 1. The van der Waals surface area contributed by atoms with E-state index >= 15 is 0 Å². The van der Waals surface area contributed by atoms with E-state index in [9.17, 15) is 9.59 Å². The van der Waals surface area contributed by atoms with Crippen molar-refractivity contribution in [3.05, 3.63) is 53.5 Å². The number of aromatic nitrogens is 4. The fourth-order valence-corrected chi connectivity index (χ4v) is 3.51. The number of benzene rings is 1. The van der Waals surface area contributed by atoms with Crippen LogP contribution in [-0.4, -0.2) is 45.7 Å². The van der Waals surface area contributed by atoms with E-state index in [-0.39, 0.29) is 18.1 Å². The van der Waals surface area contributed by atoms with Crippen molar-refractivity contribution in [3.8, 4) is 17.4 Å². The molecule has 29 heavy (non-hydrogen) atoms. The van der Waals surface area contributed by atoms with Gasteiger partial charge in [0.1, 0.15) is 5.82 Å². The Hall–Kier alpha value is -3.75. The van der Waals surface area contributed by atoms with Crippen LogP contribution >= 0.6 is 0 Å². The summed E-state index contributed by atoms with van der Waals surface area (Å²) in [5.41, 5.74) is 1.72. The first-order valence-electron chi connectivity index (χ1n) is 8.96. The van der Waals surface area contributed by atoms with Crippen LogP contribution in [0.25, 0.3) is 5.95 Å². The smallest absolute Gasteiger partial charge is 0.252 e. The molecule has 9 heteroatoms. The van der Waals surface area contributed by atoms with Crippen LogP contribution in [0.4, 0.5) is 5.82 Å². The number of methoxy groups -OCH3 is 2. The minimum Gasteiger partial charge on any atom is -0.493 e. The molecule has 1 unspecified atom stereocenters. The average molecular weight is 393 g/mol. The second kappa shape index (κ2) is 7.34. The Morgan fingerprint density at radius 1 is 1.17 bits per heavy atom. The van der Waals surface area contributed by atoms with E-state index in [2.05, 4.69) is 20.4 Å². The molecular formula is C20H19N5O4. The van der Waals surface area contributed by atoms with Crippen molar-refractivity contribution in [1.29, 1.82) is 0 Å². The van der Waals surface area contributed by atoms with Crippen LogP contribution < -0.4 is 14.8 Å². The lowest BCUT2D eigenvalue weighted by atomic mass is 9.85. The number of amides is 1. The molecule has 1 aliphatic rings. The van der Waals surface area contributed by atoms with Gasteiger partial charge in [-0.3, -0.25) is 9.59 Å². The number of hydrogen-bond acceptors (Lipinski definition) is 7. The van der Waals surface area contributed by atoms with Gasteiger partial charge in [0.05, 0.1) is 25.8 Å². The molecule has 0 radical (unpaired) electrons. The van der Waals surface area contributed by atoms with Crippen LogP contribution in [-0.2, 0) is 4.79 Å². The molecule has 1 atom stereocenters. The van der Waals surface area contributed by atoms with Gasteiger partial charge >= 0.3 is 0 Å². The molecule has 0 bridgehead atoms. The summed E-state index contributed by atoms with van der Waals surface area (Å²) in [7, 11) is 3.03. The number of carbonyl (C=O) groups excluding carboxylic acids is 2. The number of hydrogen-bond donors (Lipinski definition) is 1. The van der Waals surface area contributed by atoms with Gasteiger partial charge in [0.15, 0.2) is 17.3 Å². The normalized spacial score (nSPS) is 15.4. The molecule has 9 nitrogen and oxygen atoms in total. The Morgan fingerprint density at radius 3 is 2.59 bits per heavy atom. The summed E-state index contributed by atoms with van der Waals surface area (Å²) < 4.78 is 12.0. The van der Waals surface area contributed by atoms with Crippen LogP contribution in [0.15, 0.2) is 36.7 Å². The largest absolute Gasteiger partial charge is 0.493 e. The number of fused-ring (bicyclic) bond motifs is 1. The quantitative estimate of drug-likeness (QED) is 0.663. The van der Waals surface area contributed by atoms with E-state index in [1.54, 1.807) is 43.6 Å². The first-order valence-corrected chi connectivity index (χ1v) is 8.96. The van der Waals surface area contributed by atoms with E-state index in [0.29, 0.717) is 40.1 Å². The summed E-state index contributed by atoms with van der Waals surface area (Å²) in [5.74, 6) is 0.571. The number of carbonyl (C=O) groups is 2. The van der Waals surface area contributed by atoms with Crippen LogP contribution in [0.5, 0.6) is 11.5 Å². The summed E-state index contributed by atoms with van der Waals surface area (Å²) in [6.45, 7) is 1.80. The second-order valence-corrected chi connectivity index (χ2v) is 6.55. The predicted molar refractivity (Wildman–Crippen MR) is 104 cm³/mol. The molecular weight excluding hydrogens is 374 g/mol. The topological polar surface area (TPSA) is 108 Å². The van der Waals surface area contributed by atoms with Crippen molar-refractivity contribution in [2.75, 3.05) is 19.5 Å². The highest BCUT2D eigenvalue weighted by atomic mass is 16.5. The van der Waals surface area contributed by atoms with Gasteiger partial charge in [0.25, 0.3) is 5.95 Å². The highest BCUT2D eigenvalue weighted by Gasteiger charge is 2.37. The molecule has 148 valence electrons. The monoisotopic (exact) mass is 393 g/mol. The molecule has 1 N–H and O–H groups in total. The van der Waals surface area contributed by atoms with Gasteiger partial charge in [-0.1, -0.05) is 0 Å². The molecule has 4 rings (SSSR count). The average Bonchev–Trinajstić information content (AvgIpc) is 3.08. The Kier molecular flexibility index (Phi) is 4.71. The number of nitrogens with one attached hydrogen (secondary N) is 1. The SMILES string of the molecule is COc1ccc(C(=O)C2CC(=O)Nc3c2c(C)nn3-c2ncccn2)cc1OC. The van der Waals surface area contributed by atoms with Gasteiger partial charge in [0.2, 0.25) is 5.91 Å². The summed E-state index contributed by atoms with van der Waals surface area (Å²) in [4.78, 5) is 34.1. The Bertz CT molecular complexity index is 1090. The van der Waals surface area contributed by atoms with Crippen molar-refractivity contribution >= 4 is 17.5 Å². The minimum atomic E-state index is -0.672. The predicted octanol–water partition coefficient (Wildman–Crippen LogP) is 2.30. The summed E-state index contributed by atoms with van der Waals surface area (Å²) in [6.07, 6.45) is 3.20. The summed E-state index contributed by atoms with van der Waals surface area (Å²) in [6, 6.07) is 6.64. The zero-order valence-electron chi connectivity index (χ0n) is 16.2. The first-order chi connectivity index (χ1) is 14.0. The Labute approximate surface area is 166 Å². The highest BCUT2D eigenvalue weighted by molar-refractivity contribution is 6.08. The zero-order valence-corrected chi connectivity index (χ0v) is 16.2. The Balaban J connectivity index is 1.79. The van der Waals surface area contributed by atoms with Gasteiger partial charge in [0, 0.05) is 29.9 Å². The number of Topliss-reactive ketones (excluding diaryl/α,β-unsaturated/α-hetero) is 1. The maximum Gasteiger partial charge on any atom is 0.252 e. The third kappa shape index (κ3) is 3.20. The van der Waals surface area contributed by atoms with E-state index in [0.717, 1.165) is 0 Å².